The van der Waals surface area contributed by atoms with Crippen molar-refractivity contribution in [1.82, 2.24) is 5.32 Å². The minimum Gasteiger partial charge on any atom is -0.354 e. The van der Waals surface area contributed by atoms with Crippen LogP contribution in [0.4, 0.5) is 0 Å². The molecule has 1 N–H and O–H groups in total. The maximum absolute atomic E-state index is 12.1. The van der Waals surface area contributed by atoms with E-state index >= 15 is 0 Å². The summed E-state index contributed by atoms with van der Waals surface area (Å²) in [5.41, 5.74) is 2.45. The Balaban J connectivity index is 2.03. The fourth-order valence-corrected chi connectivity index (χ4v) is 3.01. The zero-order valence-corrected chi connectivity index (χ0v) is 14.9. The van der Waals surface area contributed by atoms with Gasteiger partial charge >= 0.3 is 0 Å². The van der Waals surface area contributed by atoms with E-state index in [1.54, 1.807) is 11.8 Å². The average Bonchev–Trinajstić information content (AvgIpc) is 2.54. The predicted octanol–water partition coefficient (Wildman–Crippen LogP) is 4.47. The topological polar surface area (TPSA) is 29.1 Å². The van der Waals surface area contributed by atoms with Crippen molar-refractivity contribution in [2.24, 2.45) is 0 Å². The van der Waals surface area contributed by atoms with Crippen molar-refractivity contribution >= 4 is 17.7 Å². The quantitative estimate of drug-likeness (QED) is 0.848. The van der Waals surface area contributed by atoms with Crippen LogP contribution in [0.15, 0.2) is 60.7 Å². The molecule has 0 saturated carbocycles. The highest BCUT2D eigenvalue weighted by atomic mass is 32.2. The van der Waals surface area contributed by atoms with Crippen molar-refractivity contribution in [2.75, 3.05) is 12.3 Å². The van der Waals surface area contributed by atoms with Crippen molar-refractivity contribution in [3.63, 3.8) is 0 Å². The van der Waals surface area contributed by atoms with Crippen LogP contribution in [0.5, 0.6) is 0 Å². The number of carbonyl (C=O) groups excluding carboxylic acids is 1. The van der Waals surface area contributed by atoms with Crippen LogP contribution in [-0.4, -0.2) is 23.0 Å². The van der Waals surface area contributed by atoms with E-state index in [1.807, 2.05) is 36.4 Å². The van der Waals surface area contributed by atoms with Gasteiger partial charge in [0.1, 0.15) is 0 Å². The lowest BCUT2D eigenvalue weighted by atomic mass is 9.91. The highest BCUT2D eigenvalue weighted by Gasteiger charge is 2.17. The summed E-state index contributed by atoms with van der Waals surface area (Å²) in [5.74, 6) is 0.780. The molecule has 0 aliphatic rings. The summed E-state index contributed by atoms with van der Waals surface area (Å²) < 4.78 is 0.107. The molecule has 0 aliphatic heterocycles. The summed E-state index contributed by atoms with van der Waals surface area (Å²) >= 11 is 1.67. The average molecular weight is 327 g/mol. The highest BCUT2D eigenvalue weighted by Crippen LogP contribution is 2.25. The van der Waals surface area contributed by atoms with Crippen LogP contribution in [0.3, 0.4) is 0 Å². The Kier molecular flexibility index (Phi) is 6.28. The monoisotopic (exact) mass is 327 g/mol. The first-order valence-corrected chi connectivity index (χ1v) is 8.95. The van der Waals surface area contributed by atoms with Crippen molar-refractivity contribution in [3.8, 4) is 0 Å². The molecule has 2 nitrogen and oxygen atoms in total. The molecule has 1 amide bonds. The molecule has 0 saturated heterocycles. The van der Waals surface area contributed by atoms with E-state index in [2.05, 4.69) is 50.4 Å². The molecule has 0 bridgehead atoms. The van der Waals surface area contributed by atoms with E-state index in [0.29, 0.717) is 12.3 Å². The largest absolute Gasteiger partial charge is 0.354 e. The van der Waals surface area contributed by atoms with E-state index in [0.717, 1.165) is 0 Å². The number of benzene rings is 2. The Hall–Kier alpha value is -1.74. The Morgan fingerprint density at radius 2 is 1.43 bits per heavy atom. The van der Waals surface area contributed by atoms with Gasteiger partial charge in [-0.1, -0.05) is 81.4 Å². The van der Waals surface area contributed by atoms with Gasteiger partial charge in [0, 0.05) is 17.2 Å². The van der Waals surface area contributed by atoms with Crippen LogP contribution < -0.4 is 5.32 Å². The number of hydrogen-bond donors (Lipinski definition) is 1. The highest BCUT2D eigenvalue weighted by molar-refractivity contribution is 8.01. The molecule has 0 unspecified atom stereocenters. The lowest BCUT2D eigenvalue weighted by Crippen LogP contribution is -2.31. The number of rotatable bonds is 6. The van der Waals surface area contributed by atoms with Gasteiger partial charge in [0.2, 0.25) is 5.91 Å². The maximum atomic E-state index is 12.1. The van der Waals surface area contributed by atoms with Gasteiger partial charge in [0.15, 0.2) is 0 Å². The standard InChI is InChI=1S/C20H25NOS/c1-20(2,3)23-15-19(22)21-14-18(16-10-6-4-7-11-16)17-12-8-5-9-13-17/h4-13,18H,14-15H2,1-3H3,(H,21,22). The first kappa shape index (κ1) is 17.6. The smallest absolute Gasteiger partial charge is 0.230 e. The lowest BCUT2D eigenvalue weighted by molar-refractivity contribution is -0.118. The molecular formula is C20H25NOS. The first-order valence-electron chi connectivity index (χ1n) is 7.96. The molecule has 0 atom stereocenters. The van der Waals surface area contributed by atoms with Crippen LogP contribution >= 0.6 is 11.8 Å². The molecule has 0 radical (unpaired) electrons. The second-order valence-corrected chi connectivity index (χ2v) is 8.38. The molecule has 23 heavy (non-hydrogen) atoms. The maximum Gasteiger partial charge on any atom is 0.230 e. The Morgan fingerprint density at radius 3 is 1.87 bits per heavy atom. The van der Waals surface area contributed by atoms with Gasteiger partial charge in [-0.3, -0.25) is 4.79 Å². The summed E-state index contributed by atoms with van der Waals surface area (Å²) in [6.07, 6.45) is 0. The molecular weight excluding hydrogens is 302 g/mol. The third-order valence-corrected chi connectivity index (χ3v) is 4.82. The Morgan fingerprint density at radius 1 is 0.957 bits per heavy atom. The van der Waals surface area contributed by atoms with Crippen LogP contribution in [0.25, 0.3) is 0 Å². The minimum atomic E-state index is 0.0989. The van der Waals surface area contributed by atoms with E-state index < -0.39 is 0 Å². The molecule has 0 fully saturated rings. The summed E-state index contributed by atoms with van der Waals surface area (Å²) in [7, 11) is 0. The van der Waals surface area contributed by atoms with Gasteiger partial charge < -0.3 is 5.32 Å². The molecule has 2 aromatic carbocycles. The number of thioether (sulfide) groups is 1. The molecule has 0 heterocycles. The fraction of sp³-hybridized carbons (Fsp3) is 0.350. The molecule has 3 heteroatoms. The van der Waals surface area contributed by atoms with Crippen LogP contribution in [-0.2, 0) is 4.79 Å². The van der Waals surface area contributed by atoms with Gasteiger partial charge in [-0.05, 0) is 11.1 Å². The zero-order valence-electron chi connectivity index (χ0n) is 14.1. The van der Waals surface area contributed by atoms with Crippen LogP contribution in [0.1, 0.15) is 37.8 Å². The van der Waals surface area contributed by atoms with E-state index in [-0.39, 0.29) is 16.6 Å². The Bertz CT molecular complexity index is 565. The minimum absolute atomic E-state index is 0.0989. The molecule has 0 aromatic heterocycles. The molecule has 122 valence electrons. The molecule has 0 aliphatic carbocycles. The van der Waals surface area contributed by atoms with Crippen molar-refractivity contribution < 1.29 is 4.79 Å². The summed E-state index contributed by atoms with van der Waals surface area (Å²) in [5, 5.41) is 3.09. The van der Waals surface area contributed by atoms with E-state index in [4.69, 9.17) is 0 Å². The predicted molar refractivity (Wildman–Crippen MR) is 99.9 cm³/mol. The SMILES string of the molecule is CC(C)(C)SCC(=O)NCC(c1ccccc1)c1ccccc1. The first-order chi connectivity index (χ1) is 11.0. The molecule has 0 spiro atoms. The second kappa shape index (κ2) is 8.21. The number of hydrogen-bond acceptors (Lipinski definition) is 2. The van der Waals surface area contributed by atoms with Gasteiger partial charge in [-0.2, -0.15) is 0 Å². The van der Waals surface area contributed by atoms with Gasteiger partial charge in [-0.15, -0.1) is 11.8 Å². The number of amides is 1. The van der Waals surface area contributed by atoms with Crippen LogP contribution in [0, 0.1) is 0 Å². The van der Waals surface area contributed by atoms with E-state index in [1.165, 1.54) is 11.1 Å². The number of carbonyl (C=O) groups is 1. The molecule has 2 aromatic rings. The van der Waals surface area contributed by atoms with Crippen molar-refractivity contribution in [1.29, 1.82) is 0 Å². The normalized spacial score (nSPS) is 11.5. The van der Waals surface area contributed by atoms with E-state index in [9.17, 15) is 4.79 Å². The van der Waals surface area contributed by atoms with Crippen LogP contribution in [0.2, 0.25) is 0 Å². The van der Waals surface area contributed by atoms with Crippen molar-refractivity contribution in [3.05, 3.63) is 71.8 Å². The van der Waals surface area contributed by atoms with Gasteiger partial charge in [-0.25, -0.2) is 0 Å². The molecule has 2 rings (SSSR count). The number of nitrogens with one attached hydrogen (secondary N) is 1. The fourth-order valence-electron chi connectivity index (χ4n) is 2.35. The zero-order chi connectivity index (χ0) is 16.7. The van der Waals surface area contributed by atoms with Gasteiger partial charge in [0.25, 0.3) is 0 Å². The summed E-state index contributed by atoms with van der Waals surface area (Å²) in [6, 6.07) is 20.7. The van der Waals surface area contributed by atoms with Gasteiger partial charge in [0.05, 0.1) is 5.75 Å². The third kappa shape index (κ3) is 6.11. The summed E-state index contributed by atoms with van der Waals surface area (Å²) in [6.45, 7) is 7.00. The summed E-state index contributed by atoms with van der Waals surface area (Å²) in [4.78, 5) is 12.1. The Labute approximate surface area is 143 Å². The van der Waals surface area contributed by atoms with Crippen molar-refractivity contribution in [2.45, 2.75) is 31.4 Å². The third-order valence-electron chi connectivity index (χ3n) is 3.54. The lowest BCUT2D eigenvalue weighted by Gasteiger charge is -2.20. The second-order valence-electron chi connectivity index (χ2n) is 6.58.